The second kappa shape index (κ2) is 9.75. The van der Waals surface area contributed by atoms with Crippen molar-refractivity contribution in [1.29, 1.82) is 0 Å². The van der Waals surface area contributed by atoms with E-state index in [2.05, 4.69) is 20.6 Å². The summed E-state index contributed by atoms with van der Waals surface area (Å²) in [5, 5.41) is 5.11. The monoisotopic (exact) mass is 426 g/mol. The van der Waals surface area contributed by atoms with Gasteiger partial charge in [0.25, 0.3) is 11.5 Å². The van der Waals surface area contributed by atoms with Crippen LogP contribution in [0.2, 0.25) is 0 Å². The second-order valence-corrected chi connectivity index (χ2v) is 6.70. The minimum Gasteiger partial charge on any atom is -0.351 e. The number of nitrogens with zero attached hydrogens (tertiary/aromatic N) is 1. The zero-order chi connectivity index (χ0) is 22.4. The predicted octanol–water partition coefficient (Wildman–Crippen LogP) is 3.04. The number of carbonyl (C=O) groups is 2. The molecule has 9 heteroatoms. The Balaban J connectivity index is 1.59. The van der Waals surface area contributed by atoms with Crippen molar-refractivity contribution in [2.45, 2.75) is 19.8 Å². The number of hydrogen-bond acceptors (Lipinski definition) is 4. The van der Waals surface area contributed by atoms with Gasteiger partial charge in [0.05, 0.1) is 5.56 Å². The smallest absolute Gasteiger partial charge is 0.254 e. The first-order chi connectivity index (χ1) is 14.9. The number of nitrogens with one attached hydrogen (secondary N) is 3. The highest BCUT2D eigenvalue weighted by molar-refractivity contribution is 5.95. The molecule has 0 aliphatic carbocycles. The minimum atomic E-state index is -0.974. The van der Waals surface area contributed by atoms with Crippen LogP contribution in [0.1, 0.15) is 29.4 Å². The highest BCUT2D eigenvalue weighted by atomic mass is 19.1. The number of halogens is 2. The molecule has 0 aliphatic rings. The lowest BCUT2D eigenvalue weighted by Crippen LogP contribution is -2.28. The first-order valence-corrected chi connectivity index (χ1v) is 9.59. The van der Waals surface area contributed by atoms with Crippen molar-refractivity contribution in [3.63, 3.8) is 0 Å². The van der Waals surface area contributed by atoms with Gasteiger partial charge in [-0.3, -0.25) is 14.4 Å². The van der Waals surface area contributed by atoms with E-state index in [1.165, 1.54) is 6.07 Å². The van der Waals surface area contributed by atoms with Crippen LogP contribution in [0.5, 0.6) is 0 Å². The molecule has 0 saturated carbocycles. The van der Waals surface area contributed by atoms with Gasteiger partial charge in [0.15, 0.2) is 0 Å². The Morgan fingerprint density at radius 1 is 1.10 bits per heavy atom. The molecule has 0 fully saturated rings. The molecule has 160 valence electrons. The van der Waals surface area contributed by atoms with Crippen molar-refractivity contribution in [1.82, 2.24) is 15.3 Å². The quantitative estimate of drug-likeness (QED) is 0.540. The molecule has 3 aromatic rings. The summed E-state index contributed by atoms with van der Waals surface area (Å²) in [5.74, 6) is -2.47. The number of amides is 2. The molecular formula is C22H20F2N4O3. The standard InChI is InChI=1S/C22H20F2N4O3/c1-2-15-12-20(30)28-21(27-15)13-4-3-5-16(10-13)26-19(29)8-9-25-22(31)17-7-6-14(23)11-18(17)24/h3-7,10-12H,2,8-9H2,1H3,(H,25,31)(H,26,29)(H,27,28,30). The molecule has 0 saturated heterocycles. The lowest BCUT2D eigenvalue weighted by atomic mass is 10.1. The fourth-order valence-corrected chi connectivity index (χ4v) is 2.85. The van der Waals surface area contributed by atoms with E-state index < -0.39 is 17.5 Å². The summed E-state index contributed by atoms with van der Waals surface area (Å²) in [6.07, 6.45) is 0.556. The van der Waals surface area contributed by atoms with E-state index in [-0.39, 0.29) is 30.0 Å². The molecule has 0 spiro atoms. The highest BCUT2D eigenvalue weighted by Gasteiger charge is 2.13. The Morgan fingerprint density at radius 3 is 2.65 bits per heavy atom. The molecule has 31 heavy (non-hydrogen) atoms. The van der Waals surface area contributed by atoms with Crippen LogP contribution < -0.4 is 16.2 Å². The van der Waals surface area contributed by atoms with Gasteiger partial charge in [0.2, 0.25) is 5.91 Å². The number of benzene rings is 2. The topological polar surface area (TPSA) is 104 Å². The maximum Gasteiger partial charge on any atom is 0.254 e. The molecule has 2 aromatic carbocycles. The van der Waals surface area contributed by atoms with Crippen LogP contribution in [-0.2, 0) is 11.2 Å². The zero-order valence-corrected chi connectivity index (χ0v) is 16.7. The SMILES string of the molecule is CCc1cc(=O)[nH]c(-c2cccc(NC(=O)CCNC(=O)c3ccc(F)cc3F)c2)n1. The average Bonchev–Trinajstić information content (AvgIpc) is 2.73. The zero-order valence-electron chi connectivity index (χ0n) is 16.7. The van der Waals surface area contributed by atoms with Crippen molar-refractivity contribution in [2.24, 2.45) is 0 Å². The molecule has 3 N–H and O–H groups in total. The Labute approximate surface area is 176 Å². The summed E-state index contributed by atoms with van der Waals surface area (Å²) in [5.41, 5.74) is 1.21. The van der Waals surface area contributed by atoms with Crippen molar-refractivity contribution in [3.8, 4) is 11.4 Å². The van der Waals surface area contributed by atoms with Gasteiger partial charge in [0.1, 0.15) is 17.5 Å². The van der Waals surface area contributed by atoms with Crippen LogP contribution in [0.15, 0.2) is 53.3 Å². The third kappa shape index (κ3) is 5.81. The van der Waals surface area contributed by atoms with Gasteiger partial charge in [-0.25, -0.2) is 13.8 Å². The normalized spacial score (nSPS) is 10.5. The van der Waals surface area contributed by atoms with Gasteiger partial charge in [0, 0.05) is 42.0 Å². The van der Waals surface area contributed by atoms with E-state index in [1.54, 1.807) is 24.3 Å². The fraction of sp³-hybridized carbons (Fsp3) is 0.182. The number of aryl methyl sites for hydroxylation is 1. The number of hydrogen-bond donors (Lipinski definition) is 3. The summed E-state index contributed by atoms with van der Waals surface area (Å²) >= 11 is 0. The molecule has 7 nitrogen and oxygen atoms in total. The summed E-state index contributed by atoms with van der Waals surface area (Å²) in [6.45, 7) is 1.86. The Kier molecular flexibility index (Phi) is 6.86. The average molecular weight is 426 g/mol. The Morgan fingerprint density at radius 2 is 1.90 bits per heavy atom. The summed E-state index contributed by atoms with van der Waals surface area (Å²) in [7, 11) is 0. The molecule has 0 aliphatic heterocycles. The third-order valence-electron chi connectivity index (χ3n) is 4.39. The molecule has 0 bridgehead atoms. The van der Waals surface area contributed by atoms with Crippen LogP contribution in [0, 0.1) is 11.6 Å². The van der Waals surface area contributed by atoms with E-state index in [0.29, 0.717) is 35.3 Å². The molecule has 1 aromatic heterocycles. The van der Waals surface area contributed by atoms with Crippen molar-refractivity contribution < 1.29 is 18.4 Å². The number of anilines is 1. The molecule has 0 radical (unpaired) electrons. The van der Waals surface area contributed by atoms with Gasteiger partial charge in [-0.1, -0.05) is 19.1 Å². The van der Waals surface area contributed by atoms with Gasteiger partial charge < -0.3 is 15.6 Å². The van der Waals surface area contributed by atoms with Crippen LogP contribution in [0.4, 0.5) is 14.5 Å². The van der Waals surface area contributed by atoms with Gasteiger partial charge in [-0.15, -0.1) is 0 Å². The molecule has 0 atom stereocenters. The van der Waals surface area contributed by atoms with E-state index in [1.807, 2.05) is 6.92 Å². The molecular weight excluding hydrogens is 406 g/mol. The van der Waals surface area contributed by atoms with Gasteiger partial charge >= 0.3 is 0 Å². The number of aromatic amines is 1. The van der Waals surface area contributed by atoms with E-state index >= 15 is 0 Å². The molecule has 2 amide bonds. The maximum absolute atomic E-state index is 13.6. The largest absolute Gasteiger partial charge is 0.351 e. The van der Waals surface area contributed by atoms with Crippen LogP contribution in [-0.4, -0.2) is 28.3 Å². The molecule has 3 rings (SSSR count). The summed E-state index contributed by atoms with van der Waals surface area (Å²) < 4.78 is 26.5. The van der Waals surface area contributed by atoms with Crippen LogP contribution in [0.25, 0.3) is 11.4 Å². The molecule has 1 heterocycles. The van der Waals surface area contributed by atoms with E-state index in [0.717, 1.165) is 12.1 Å². The Bertz CT molecular complexity index is 1180. The number of carbonyl (C=O) groups excluding carboxylic acids is 2. The number of rotatable bonds is 7. The van der Waals surface area contributed by atoms with Crippen LogP contribution in [0.3, 0.4) is 0 Å². The summed E-state index contributed by atoms with van der Waals surface area (Å²) in [6, 6.07) is 10.9. The maximum atomic E-state index is 13.6. The van der Waals surface area contributed by atoms with Gasteiger partial charge in [-0.2, -0.15) is 0 Å². The first-order valence-electron chi connectivity index (χ1n) is 9.59. The number of H-pyrrole nitrogens is 1. The van der Waals surface area contributed by atoms with E-state index in [9.17, 15) is 23.2 Å². The fourth-order valence-electron chi connectivity index (χ4n) is 2.85. The number of aromatic nitrogens is 2. The lowest BCUT2D eigenvalue weighted by Gasteiger charge is -2.09. The predicted molar refractivity (Wildman–Crippen MR) is 112 cm³/mol. The highest BCUT2D eigenvalue weighted by Crippen LogP contribution is 2.19. The molecule has 0 unspecified atom stereocenters. The van der Waals surface area contributed by atoms with Crippen molar-refractivity contribution in [2.75, 3.05) is 11.9 Å². The minimum absolute atomic E-state index is 0.0331. The second-order valence-electron chi connectivity index (χ2n) is 6.70. The Hall–Kier alpha value is -3.88. The van der Waals surface area contributed by atoms with Gasteiger partial charge in [-0.05, 0) is 30.7 Å². The third-order valence-corrected chi connectivity index (χ3v) is 4.39. The lowest BCUT2D eigenvalue weighted by molar-refractivity contribution is -0.116. The first kappa shape index (κ1) is 21.8. The van der Waals surface area contributed by atoms with Crippen molar-refractivity contribution >= 4 is 17.5 Å². The van der Waals surface area contributed by atoms with Crippen LogP contribution >= 0.6 is 0 Å². The summed E-state index contributed by atoms with van der Waals surface area (Å²) in [4.78, 5) is 43.0. The van der Waals surface area contributed by atoms with Crippen molar-refractivity contribution in [3.05, 3.63) is 81.8 Å². The van der Waals surface area contributed by atoms with E-state index in [4.69, 9.17) is 0 Å².